The SMILES string of the molecule is CB1OOC(C)C1(C)C. The van der Waals surface area contributed by atoms with Crippen molar-refractivity contribution >= 4 is 6.92 Å². The average Bonchev–Trinajstić information content (AvgIpc) is 1.96. The summed E-state index contributed by atoms with van der Waals surface area (Å²) in [7, 11) is 0. The molecule has 1 rings (SSSR count). The maximum absolute atomic E-state index is 4.98. The first-order chi connectivity index (χ1) is 4.05. The smallest absolute Gasteiger partial charge is 0.304 e. The second-order valence-electron chi connectivity index (χ2n) is 3.30. The molecule has 3 heteroatoms. The molecule has 1 heterocycles. The minimum absolute atomic E-state index is 0.167. The zero-order valence-corrected chi connectivity index (χ0v) is 6.47. The van der Waals surface area contributed by atoms with Gasteiger partial charge in [-0.3, -0.25) is 0 Å². The summed E-state index contributed by atoms with van der Waals surface area (Å²) in [5, 5.41) is 0.167. The number of hydrogen-bond acceptors (Lipinski definition) is 2. The van der Waals surface area contributed by atoms with Crippen LogP contribution >= 0.6 is 0 Å². The van der Waals surface area contributed by atoms with Crippen LogP contribution in [0, 0.1) is 0 Å². The largest absolute Gasteiger partial charge is 0.345 e. The van der Waals surface area contributed by atoms with E-state index in [4.69, 9.17) is 9.69 Å². The lowest BCUT2D eigenvalue weighted by Crippen LogP contribution is -2.25. The summed E-state index contributed by atoms with van der Waals surface area (Å²) >= 11 is 0. The van der Waals surface area contributed by atoms with Crippen LogP contribution in [-0.2, 0) is 9.69 Å². The summed E-state index contributed by atoms with van der Waals surface area (Å²) < 4.78 is 0. The Bertz CT molecular complexity index is 102. The fraction of sp³-hybridized carbons (Fsp3) is 1.00. The van der Waals surface area contributed by atoms with E-state index in [1.54, 1.807) is 0 Å². The van der Waals surface area contributed by atoms with Crippen molar-refractivity contribution in [3.63, 3.8) is 0 Å². The Morgan fingerprint density at radius 1 is 1.44 bits per heavy atom. The molecular weight excluding hydrogens is 115 g/mol. The molecule has 0 amide bonds. The highest BCUT2D eigenvalue weighted by Gasteiger charge is 2.44. The number of hydrogen-bond donors (Lipinski definition) is 0. The van der Waals surface area contributed by atoms with Crippen LogP contribution in [0.5, 0.6) is 0 Å². The Labute approximate surface area is 56.6 Å². The van der Waals surface area contributed by atoms with Gasteiger partial charge in [0.05, 0.1) is 6.10 Å². The van der Waals surface area contributed by atoms with E-state index in [1.807, 2.05) is 13.7 Å². The lowest BCUT2D eigenvalue weighted by molar-refractivity contribution is -0.221. The van der Waals surface area contributed by atoms with Gasteiger partial charge in [0.25, 0.3) is 0 Å². The third-order valence-corrected chi connectivity index (χ3v) is 2.44. The van der Waals surface area contributed by atoms with Gasteiger partial charge in [0, 0.05) is 5.31 Å². The standard InChI is InChI=1S/C6H13BO2/c1-5-6(2,3)7(4)9-8-5/h5H,1-4H3. The van der Waals surface area contributed by atoms with Crippen molar-refractivity contribution in [2.45, 2.75) is 39.0 Å². The summed E-state index contributed by atoms with van der Waals surface area (Å²) in [6, 6.07) is 0. The molecule has 1 saturated heterocycles. The van der Waals surface area contributed by atoms with Crippen LogP contribution in [0.25, 0.3) is 0 Å². The second kappa shape index (κ2) is 1.99. The normalized spacial score (nSPS) is 33.3. The van der Waals surface area contributed by atoms with Crippen LogP contribution in [0.1, 0.15) is 20.8 Å². The molecule has 0 bridgehead atoms. The fourth-order valence-corrected chi connectivity index (χ4v) is 0.745. The number of rotatable bonds is 0. The van der Waals surface area contributed by atoms with Gasteiger partial charge in [-0.05, 0) is 6.92 Å². The molecule has 0 radical (unpaired) electrons. The van der Waals surface area contributed by atoms with E-state index in [0.29, 0.717) is 0 Å². The van der Waals surface area contributed by atoms with Gasteiger partial charge >= 0.3 is 6.92 Å². The van der Waals surface area contributed by atoms with Gasteiger partial charge < -0.3 is 4.81 Å². The highest BCUT2D eigenvalue weighted by molar-refractivity contribution is 6.54. The first-order valence-electron chi connectivity index (χ1n) is 3.37. The maximum atomic E-state index is 4.98. The topological polar surface area (TPSA) is 18.5 Å². The van der Waals surface area contributed by atoms with E-state index in [-0.39, 0.29) is 18.3 Å². The lowest BCUT2D eigenvalue weighted by atomic mass is 9.48. The monoisotopic (exact) mass is 128 g/mol. The Balaban J connectivity index is 2.66. The molecule has 1 unspecified atom stereocenters. The minimum atomic E-state index is 0.167. The Morgan fingerprint density at radius 3 is 2.11 bits per heavy atom. The minimum Gasteiger partial charge on any atom is -0.304 e. The van der Waals surface area contributed by atoms with Crippen molar-refractivity contribution in [3.8, 4) is 0 Å². The van der Waals surface area contributed by atoms with Crippen molar-refractivity contribution in [2.24, 2.45) is 0 Å². The lowest BCUT2D eigenvalue weighted by Gasteiger charge is -2.19. The zero-order valence-electron chi connectivity index (χ0n) is 6.47. The molecule has 9 heavy (non-hydrogen) atoms. The molecule has 0 aromatic rings. The average molecular weight is 128 g/mol. The molecule has 0 aliphatic carbocycles. The molecule has 0 aromatic carbocycles. The van der Waals surface area contributed by atoms with Crippen molar-refractivity contribution < 1.29 is 9.69 Å². The Morgan fingerprint density at radius 2 is 2.00 bits per heavy atom. The molecular formula is C6H13BO2. The van der Waals surface area contributed by atoms with Gasteiger partial charge in [0.1, 0.15) is 0 Å². The Kier molecular flexibility index (Phi) is 1.57. The van der Waals surface area contributed by atoms with Crippen molar-refractivity contribution in [1.82, 2.24) is 0 Å². The second-order valence-corrected chi connectivity index (χ2v) is 3.30. The molecule has 1 atom stereocenters. The highest BCUT2D eigenvalue weighted by Crippen LogP contribution is 2.40. The van der Waals surface area contributed by atoms with E-state index in [2.05, 4.69) is 13.8 Å². The third kappa shape index (κ3) is 0.991. The first-order valence-corrected chi connectivity index (χ1v) is 3.37. The molecule has 52 valence electrons. The summed E-state index contributed by atoms with van der Waals surface area (Å²) in [6.07, 6.45) is 0.215. The molecule has 1 aliphatic heterocycles. The predicted molar refractivity (Wildman–Crippen MR) is 37.3 cm³/mol. The predicted octanol–water partition coefficient (Wildman–Crippen LogP) is 1.74. The van der Waals surface area contributed by atoms with Crippen molar-refractivity contribution in [2.75, 3.05) is 0 Å². The Hall–Kier alpha value is -0.0151. The molecule has 1 fully saturated rings. The van der Waals surface area contributed by atoms with Gasteiger partial charge in [0.15, 0.2) is 0 Å². The van der Waals surface area contributed by atoms with Gasteiger partial charge in [-0.15, -0.1) is 0 Å². The van der Waals surface area contributed by atoms with Gasteiger partial charge in [-0.1, -0.05) is 20.7 Å². The fourth-order valence-electron chi connectivity index (χ4n) is 0.745. The van der Waals surface area contributed by atoms with Gasteiger partial charge in [0.2, 0.25) is 0 Å². The summed E-state index contributed by atoms with van der Waals surface area (Å²) in [5.74, 6) is 0. The molecule has 0 aromatic heterocycles. The summed E-state index contributed by atoms with van der Waals surface area (Å²) in [6.45, 7) is 8.57. The van der Waals surface area contributed by atoms with E-state index in [9.17, 15) is 0 Å². The molecule has 0 saturated carbocycles. The van der Waals surface area contributed by atoms with Crippen LogP contribution in [0.15, 0.2) is 0 Å². The van der Waals surface area contributed by atoms with Gasteiger partial charge in [-0.2, -0.15) is 0 Å². The van der Waals surface area contributed by atoms with Crippen LogP contribution in [-0.4, -0.2) is 13.0 Å². The summed E-state index contributed by atoms with van der Waals surface area (Å²) in [5.41, 5.74) is 0. The van der Waals surface area contributed by atoms with Crippen LogP contribution in [0.3, 0.4) is 0 Å². The molecule has 1 aliphatic rings. The molecule has 0 spiro atoms. The highest BCUT2D eigenvalue weighted by atomic mass is 17.2. The first kappa shape index (κ1) is 7.10. The molecule has 2 nitrogen and oxygen atoms in total. The van der Waals surface area contributed by atoms with Crippen LogP contribution < -0.4 is 0 Å². The van der Waals surface area contributed by atoms with Crippen molar-refractivity contribution in [1.29, 1.82) is 0 Å². The summed E-state index contributed by atoms with van der Waals surface area (Å²) in [4.78, 5) is 9.96. The van der Waals surface area contributed by atoms with Crippen LogP contribution in [0.2, 0.25) is 12.1 Å². The van der Waals surface area contributed by atoms with E-state index in [0.717, 1.165) is 0 Å². The van der Waals surface area contributed by atoms with E-state index in [1.165, 1.54) is 0 Å². The quantitative estimate of drug-likeness (QED) is 0.365. The third-order valence-electron chi connectivity index (χ3n) is 2.44. The van der Waals surface area contributed by atoms with Crippen molar-refractivity contribution in [3.05, 3.63) is 0 Å². The maximum Gasteiger partial charge on any atom is 0.345 e. The van der Waals surface area contributed by atoms with E-state index < -0.39 is 0 Å². The van der Waals surface area contributed by atoms with Gasteiger partial charge in [-0.25, -0.2) is 4.89 Å². The zero-order chi connectivity index (χ0) is 7.07. The van der Waals surface area contributed by atoms with E-state index >= 15 is 0 Å². The van der Waals surface area contributed by atoms with Crippen LogP contribution in [0.4, 0.5) is 0 Å². The molecule has 0 N–H and O–H groups in total.